The molecule has 5 heteroatoms. The third kappa shape index (κ3) is 10.3. The minimum absolute atomic E-state index is 0. The first kappa shape index (κ1) is 17.4. The van der Waals surface area contributed by atoms with Crippen molar-refractivity contribution in [3.05, 3.63) is 30.1 Å². The zero-order valence-corrected chi connectivity index (χ0v) is 11.8. The van der Waals surface area contributed by atoms with Gasteiger partial charge in [-0.25, -0.2) is 0 Å². The van der Waals surface area contributed by atoms with Gasteiger partial charge in [0.15, 0.2) is 0 Å². The molecule has 1 saturated heterocycles. The van der Waals surface area contributed by atoms with Crippen molar-refractivity contribution in [1.29, 1.82) is 0 Å². The number of nitrogens with zero attached hydrogens (tertiary/aromatic N) is 1. The maximum Gasteiger partial charge on any atom is 2.00 e. The number of pyridine rings is 1. The van der Waals surface area contributed by atoms with Crippen molar-refractivity contribution in [2.45, 2.75) is 6.92 Å². The maximum atomic E-state index is 3.85. The van der Waals surface area contributed by atoms with Crippen LogP contribution in [0.1, 0.15) is 5.56 Å². The molecule has 2 N–H and O–H groups in total. The van der Waals surface area contributed by atoms with Crippen LogP contribution in [0, 0.1) is 6.92 Å². The summed E-state index contributed by atoms with van der Waals surface area (Å²) in [7, 11) is 0. The minimum Gasteiger partial charge on any atom is -1.00 e. The van der Waals surface area contributed by atoms with Crippen LogP contribution in [0.2, 0.25) is 0 Å². The van der Waals surface area contributed by atoms with Gasteiger partial charge in [-0.15, -0.1) is 0 Å². The fourth-order valence-electron chi connectivity index (χ4n) is 1.03. The van der Waals surface area contributed by atoms with Crippen molar-refractivity contribution in [3.8, 4) is 0 Å². The molecule has 0 radical (unpaired) electrons. The van der Waals surface area contributed by atoms with E-state index in [1.165, 1.54) is 5.56 Å². The SMILES string of the molecule is C1CNCCN1.Cc1ccncc1.[Cl-].[Pt+2]. The molecule has 1 aromatic heterocycles. The van der Waals surface area contributed by atoms with Gasteiger partial charge in [-0.3, -0.25) is 4.98 Å². The van der Waals surface area contributed by atoms with E-state index in [1.807, 2.05) is 19.1 Å². The second kappa shape index (κ2) is 12.1. The number of aromatic nitrogens is 1. The Morgan fingerprint density at radius 3 is 1.60 bits per heavy atom. The Morgan fingerprint density at radius 2 is 1.40 bits per heavy atom. The van der Waals surface area contributed by atoms with E-state index in [-0.39, 0.29) is 33.5 Å². The molecule has 2 rings (SSSR count). The molecule has 0 atom stereocenters. The van der Waals surface area contributed by atoms with Crippen LogP contribution in [0.3, 0.4) is 0 Å². The van der Waals surface area contributed by atoms with Crippen LogP contribution in [0.15, 0.2) is 24.5 Å². The second-order valence-corrected chi connectivity index (χ2v) is 3.02. The molecule has 0 aliphatic carbocycles. The summed E-state index contributed by atoms with van der Waals surface area (Å²) in [5.41, 5.74) is 1.26. The molecule has 0 saturated carbocycles. The standard InChI is InChI=1S/C6H7N.C4H10N2.ClH.Pt/c1-6-2-4-7-5-3-6;1-2-6-4-3-5-1;;/h2-5H,1H3;5-6H,1-4H2;1H;/q;;;+2/p-1. The molecule has 2 heterocycles. The molecule has 1 aliphatic rings. The zero-order chi connectivity index (χ0) is 9.36. The summed E-state index contributed by atoms with van der Waals surface area (Å²) < 4.78 is 0. The van der Waals surface area contributed by atoms with Gasteiger partial charge < -0.3 is 23.0 Å². The van der Waals surface area contributed by atoms with Gasteiger partial charge in [0.2, 0.25) is 0 Å². The zero-order valence-electron chi connectivity index (χ0n) is 8.78. The Bertz CT molecular complexity index is 206. The van der Waals surface area contributed by atoms with E-state index >= 15 is 0 Å². The predicted molar refractivity (Wildman–Crippen MR) is 54.7 cm³/mol. The molecule has 88 valence electrons. The smallest absolute Gasteiger partial charge is 1.00 e. The average molecular weight is 410 g/mol. The molecule has 0 unspecified atom stereocenters. The Kier molecular flexibility index (Phi) is 14.1. The predicted octanol–water partition coefficient (Wildman–Crippen LogP) is -2.43. The van der Waals surface area contributed by atoms with E-state index in [9.17, 15) is 0 Å². The van der Waals surface area contributed by atoms with Crippen molar-refractivity contribution < 1.29 is 33.5 Å². The normalized spacial score (nSPS) is 13.7. The Hall–Kier alpha value is 0.0483. The molecule has 1 aromatic rings. The number of nitrogens with one attached hydrogen (secondary N) is 2. The molecular formula is C10H17ClN3Pt+. The van der Waals surface area contributed by atoms with E-state index in [1.54, 1.807) is 12.4 Å². The third-order valence-corrected chi connectivity index (χ3v) is 1.80. The summed E-state index contributed by atoms with van der Waals surface area (Å²) in [6.07, 6.45) is 3.57. The van der Waals surface area contributed by atoms with Crippen LogP contribution in [0.4, 0.5) is 0 Å². The van der Waals surface area contributed by atoms with Crippen molar-refractivity contribution in [1.82, 2.24) is 15.6 Å². The number of hydrogen-bond acceptors (Lipinski definition) is 3. The quantitative estimate of drug-likeness (QED) is 0.500. The van der Waals surface area contributed by atoms with Crippen molar-refractivity contribution in [2.75, 3.05) is 26.2 Å². The van der Waals surface area contributed by atoms with Gasteiger partial charge >= 0.3 is 21.1 Å². The van der Waals surface area contributed by atoms with Crippen LogP contribution >= 0.6 is 0 Å². The topological polar surface area (TPSA) is 37.0 Å². The number of halogens is 1. The van der Waals surface area contributed by atoms with E-state index in [0.29, 0.717) is 0 Å². The fourth-order valence-corrected chi connectivity index (χ4v) is 1.03. The average Bonchev–Trinajstić information content (AvgIpc) is 2.22. The molecule has 1 fully saturated rings. The number of aryl methyl sites for hydroxylation is 1. The number of rotatable bonds is 0. The summed E-state index contributed by atoms with van der Waals surface area (Å²) >= 11 is 0. The first-order chi connectivity index (χ1) is 6.39. The summed E-state index contributed by atoms with van der Waals surface area (Å²) in [5.74, 6) is 0. The molecule has 0 amide bonds. The van der Waals surface area contributed by atoms with E-state index in [4.69, 9.17) is 0 Å². The largest absolute Gasteiger partial charge is 2.00 e. The Morgan fingerprint density at radius 1 is 1.00 bits per heavy atom. The van der Waals surface area contributed by atoms with E-state index in [0.717, 1.165) is 26.2 Å². The molecule has 15 heavy (non-hydrogen) atoms. The van der Waals surface area contributed by atoms with Gasteiger partial charge in [0.05, 0.1) is 0 Å². The summed E-state index contributed by atoms with van der Waals surface area (Å²) in [5, 5.41) is 6.44. The van der Waals surface area contributed by atoms with Gasteiger partial charge in [0, 0.05) is 38.6 Å². The number of piperazine rings is 1. The van der Waals surface area contributed by atoms with Crippen LogP contribution < -0.4 is 23.0 Å². The van der Waals surface area contributed by atoms with Crippen molar-refractivity contribution in [2.24, 2.45) is 0 Å². The molecular weight excluding hydrogens is 393 g/mol. The first-order valence-electron chi connectivity index (χ1n) is 4.67. The minimum atomic E-state index is 0. The molecule has 3 nitrogen and oxygen atoms in total. The fraction of sp³-hybridized carbons (Fsp3) is 0.500. The van der Waals surface area contributed by atoms with Gasteiger partial charge in [0.1, 0.15) is 0 Å². The van der Waals surface area contributed by atoms with Crippen molar-refractivity contribution in [3.63, 3.8) is 0 Å². The second-order valence-electron chi connectivity index (χ2n) is 3.02. The van der Waals surface area contributed by atoms with Gasteiger partial charge in [0.25, 0.3) is 0 Å². The first-order valence-corrected chi connectivity index (χ1v) is 4.67. The van der Waals surface area contributed by atoms with Crippen LogP contribution in [-0.2, 0) is 21.1 Å². The van der Waals surface area contributed by atoms with Gasteiger partial charge in [-0.2, -0.15) is 0 Å². The van der Waals surface area contributed by atoms with Gasteiger partial charge in [-0.05, 0) is 24.6 Å². The molecule has 0 aromatic carbocycles. The molecule has 0 bridgehead atoms. The monoisotopic (exact) mass is 409 g/mol. The Balaban J connectivity index is 0. The van der Waals surface area contributed by atoms with E-state index < -0.39 is 0 Å². The molecule has 1 aliphatic heterocycles. The Labute approximate surface area is 112 Å². The van der Waals surface area contributed by atoms with Crippen LogP contribution in [0.25, 0.3) is 0 Å². The van der Waals surface area contributed by atoms with Gasteiger partial charge in [-0.1, -0.05) is 0 Å². The third-order valence-electron chi connectivity index (χ3n) is 1.80. The maximum absolute atomic E-state index is 3.85. The molecule has 0 spiro atoms. The summed E-state index contributed by atoms with van der Waals surface area (Å²) in [4.78, 5) is 3.85. The van der Waals surface area contributed by atoms with Crippen LogP contribution in [0.5, 0.6) is 0 Å². The summed E-state index contributed by atoms with van der Waals surface area (Å²) in [6, 6.07) is 3.94. The van der Waals surface area contributed by atoms with Crippen LogP contribution in [-0.4, -0.2) is 31.2 Å². The number of hydrogen-bond donors (Lipinski definition) is 2. The summed E-state index contributed by atoms with van der Waals surface area (Å²) in [6.45, 7) is 6.60. The van der Waals surface area contributed by atoms with Crippen molar-refractivity contribution >= 4 is 0 Å². The van der Waals surface area contributed by atoms with E-state index in [2.05, 4.69) is 15.6 Å².